The second kappa shape index (κ2) is 52.5. The van der Waals surface area contributed by atoms with E-state index in [0.29, 0.717) is 215 Å². The van der Waals surface area contributed by atoms with Crippen molar-refractivity contribution < 1.29 is 80.0 Å². The first-order valence-electron chi connectivity index (χ1n) is 49.9. The van der Waals surface area contributed by atoms with E-state index < -0.39 is 39.2 Å². The van der Waals surface area contributed by atoms with Gasteiger partial charge in [0.2, 0.25) is 33.1 Å². The van der Waals surface area contributed by atoms with Crippen LogP contribution in [-0.2, 0) is 97.1 Å². The van der Waals surface area contributed by atoms with Crippen LogP contribution in [0.25, 0.3) is 44.5 Å². The highest BCUT2D eigenvalue weighted by Gasteiger charge is 2.35. The van der Waals surface area contributed by atoms with E-state index in [9.17, 15) is 43.5 Å². The number of Topliss-reactive ketones (excluding diaryl/α,β-unsaturated/α-hetero) is 1. The molecule has 0 spiro atoms. The molecule has 0 radical (unpaired) electrons. The predicted molar refractivity (Wildman–Crippen MR) is 568 cm³/mol. The van der Waals surface area contributed by atoms with Gasteiger partial charge in [-0.05, 0) is 202 Å². The molecule has 6 aliphatic heterocycles. The SMILES string of the molecule is CCOc1nc(CC)c(CCC(=O)[C@@H](S)CC(C)C)n1Cc1ccc(-c2ccccc2C(=O)O)cc1F.CCOc1nc(CC)c2n1Cc1ccc(cc1F)-c1ccccc1C(=O)S[C@@H](CC(C)C)C(=O)NC2.CCOc1nc(CC)c2n1Cc1ccc(cc1F)-c1ccccc1C(=O)S[C@@H](CC(C)C)C(=O)NCc1c(CC)nc(OCC)n1Cc1ccc(cc1F)-c1ccccc1C(=O)S[C@@H](CC(C)C)C(=O)NC2. The lowest BCUT2D eigenvalue weighted by Gasteiger charge is -2.20. The van der Waals surface area contributed by atoms with Crippen LogP contribution in [0.1, 0.15) is 252 Å². The van der Waals surface area contributed by atoms with Crippen molar-refractivity contribution in [1.82, 2.24) is 54.2 Å². The Morgan fingerprint density at radius 3 is 1.03 bits per heavy atom. The van der Waals surface area contributed by atoms with E-state index >= 15 is 17.6 Å². The van der Waals surface area contributed by atoms with Crippen molar-refractivity contribution in [3.05, 3.63) is 283 Å². The van der Waals surface area contributed by atoms with Crippen LogP contribution in [0.5, 0.6) is 24.0 Å². The van der Waals surface area contributed by atoms with Gasteiger partial charge in [0.05, 0.1) is 139 Å². The Bertz CT molecular complexity index is 6430. The lowest BCUT2D eigenvalue weighted by molar-refractivity contribution is -0.121. The summed E-state index contributed by atoms with van der Waals surface area (Å²) in [5.41, 5.74) is 12.8. The van der Waals surface area contributed by atoms with E-state index in [1.165, 1.54) is 30.3 Å². The Labute approximate surface area is 864 Å². The molecule has 0 saturated heterocycles. The number of aryl methyl sites for hydroxylation is 4. The van der Waals surface area contributed by atoms with Gasteiger partial charge >= 0.3 is 5.97 Å². The van der Waals surface area contributed by atoms with E-state index in [0.717, 1.165) is 58.1 Å². The number of fused-ring (bicyclic) bond motifs is 7. The van der Waals surface area contributed by atoms with Crippen molar-refractivity contribution >= 4 is 92.7 Å². The average molecular weight is 2060 g/mol. The van der Waals surface area contributed by atoms with Crippen molar-refractivity contribution in [1.29, 1.82) is 0 Å². The maximum Gasteiger partial charge on any atom is 0.336 e. The van der Waals surface area contributed by atoms with Gasteiger partial charge in [0.1, 0.15) is 29.1 Å². The van der Waals surface area contributed by atoms with E-state index in [-0.39, 0.29) is 131 Å². The highest BCUT2D eigenvalue weighted by Crippen LogP contribution is 2.40. The lowest BCUT2D eigenvalue weighted by Crippen LogP contribution is -2.35. The summed E-state index contributed by atoms with van der Waals surface area (Å²) in [5.74, 6) is -3.05. The quantitative estimate of drug-likeness (QED) is 0.0225. The van der Waals surface area contributed by atoms with Gasteiger partial charge in [-0.15, -0.1) is 0 Å². The molecule has 18 rings (SSSR count). The summed E-state index contributed by atoms with van der Waals surface area (Å²) in [6.45, 7) is 33.5. The van der Waals surface area contributed by atoms with Gasteiger partial charge in [-0.25, -0.2) is 27.3 Å². The fourth-order valence-electron chi connectivity index (χ4n) is 17.7. The number of imidazole rings is 4. The number of hydrogen-bond donors (Lipinski definition) is 5. The van der Waals surface area contributed by atoms with E-state index in [2.05, 4.69) is 52.4 Å². The molecular formula is C113H131F4N11O13S4. The molecule has 24 nitrogen and oxygen atoms in total. The number of nitrogens with zero attached hydrogens (tertiary/aromatic N) is 8. The summed E-state index contributed by atoms with van der Waals surface area (Å²) < 4.78 is 94.5. The molecular weight excluding hydrogens is 1920 g/mol. The van der Waals surface area contributed by atoms with E-state index in [1.807, 2.05) is 124 Å². The number of ketones is 1. The molecule has 32 heteroatoms. The van der Waals surface area contributed by atoms with Crippen LogP contribution in [0.4, 0.5) is 17.6 Å². The number of carbonyl (C=O) groups excluding carboxylic acids is 7. The zero-order chi connectivity index (χ0) is 105. The lowest BCUT2D eigenvalue weighted by atomic mass is 9.98. The normalized spacial score (nSPS) is 15.2. The zero-order valence-electron chi connectivity index (χ0n) is 85.2. The Kier molecular flexibility index (Phi) is 40.3. The number of aromatic carboxylic acids is 1. The molecule has 4 atom stereocenters. The zero-order valence-corrected chi connectivity index (χ0v) is 88.6. The van der Waals surface area contributed by atoms with Gasteiger partial charge in [0.25, 0.3) is 24.0 Å². The molecule has 10 heterocycles. The minimum absolute atomic E-state index is 0.0244. The van der Waals surface area contributed by atoms with E-state index in [1.54, 1.807) is 130 Å². The van der Waals surface area contributed by atoms with Crippen LogP contribution < -0.4 is 34.9 Å². The third kappa shape index (κ3) is 28.2. The topological polar surface area (TPSA) is 301 Å². The van der Waals surface area contributed by atoms with Crippen molar-refractivity contribution in [2.45, 2.75) is 242 Å². The summed E-state index contributed by atoms with van der Waals surface area (Å²) in [6.07, 6.45) is 5.13. The number of carbonyl (C=O) groups is 8. The van der Waals surface area contributed by atoms with Crippen LogP contribution >= 0.6 is 47.9 Å². The highest BCUT2D eigenvalue weighted by molar-refractivity contribution is 8.15. The Morgan fingerprint density at radius 1 is 0.407 bits per heavy atom. The molecule has 0 saturated carbocycles. The number of hydrogen-bond acceptors (Lipinski definition) is 20. The number of halogens is 4. The molecule has 0 fully saturated rings. The number of benzene rings is 8. The van der Waals surface area contributed by atoms with Crippen molar-refractivity contribution in [2.75, 3.05) is 26.4 Å². The number of nitrogens with one attached hydrogen (secondary N) is 3. The number of rotatable bonds is 28. The number of carboxylic acid groups (broad SMARTS) is 1. The van der Waals surface area contributed by atoms with Crippen LogP contribution in [0.3, 0.4) is 0 Å². The van der Waals surface area contributed by atoms with Gasteiger partial charge in [-0.2, -0.15) is 27.6 Å². The number of thioether (sulfide) groups is 3. The van der Waals surface area contributed by atoms with Crippen molar-refractivity contribution in [2.24, 2.45) is 23.7 Å². The van der Waals surface area contributed by atoms with Gasteiger partial charge in [0, 0.05) is 51.1 Å². The first kappa shape index (κ1) is 111. The van der Waals surface area contributed by atoms with Crippen LogP contribution in [0.2, 0.25) is 0 Å². The third-order valence-electron chi connectivity index (χ3n) is 24.9. The second-order valence-electron chi connectivity index (χ2n) is 37.2. The molecule has 8 aromatic carbocycles. The smallest absolute Gasteiger partial charge is 0.336 e. The summed E-state index contributed by atoms with van der Waals surface area (Å²) in [4.78, 5) is 127. The molecule has 12 aromatic rings. The van der Waals surface area contributed by atoms with Crippen LogP contribution in [-0.4, -0.2) is 136 Å². The molecule has 0 aliphatic carbocycles. The second-order valence-corrected chi connectivity index (χ2v) is 41.3. The molecule has 3 amide bonds. The molecule has 6 aliphatic rings. The fraction of sp³-hybridized carbons (Fsp3) is 0.398. The van der Waals surface area contributed by atoms with Gasteiger partial charge in [0.15, 0.2) is 0 Å². The maximum absolute atomic E-state index is 16.5. The van der Waals surface area contributed by atoms with Crippen LogP contribution in [0, 0.1) is 46.9 Å². The Morgan fingerprint density at radius 2 is 0.717 bits per heavy atom. The molecule has 4 N–H and O–H groups in total. The fourth-order valence-corrected chi connectivity index (χ4v) is 22.0. The summed E-state index contributed by atoms with van der Waals surface area (Å²) >= 11 is 7.38. The molecule has 145 heavy (non-hydrogen) atoms. The largest absolute Gasteiger partial charge is 0.478 e. The number of thiol groups is 1. The van der Waals surface area contributed by atoms with Crippen LogP contribution in [0.15, 0.2) is 170 Å². The minimum atomic E-state index is -1.07. The number of aromatic nitrogens is 8. The number of amides is 3. The van der Waals surface area contributed by atoms with Gasteiger partial charge in [-0.3, -0.25) is 51.8 Å². The third-order valence-corrected chi connectivity index (χ3v) is 28.8. The molecule has 6 bridgehead atoms. The standard InChI is InChI=1S/C56H64F2N6O6S2.C29H35FN2O4S.C28H32FN3O3S/c1-9-45-47-29-59-51(65)49(25-33(5)6)71-53(67)41-19-15-14-18-40(41)36-22-24-38(44(58)28-36)32-64-48(46(10-2)62-56(64)70-12-4)30-60-52(66)50(26-34(7)8)72-54(68)42-20-16-13-17-39(42)35-21-23-37(43(57)27-35)31-63(47)55(61-45)69-11-3;1-5-24-25(13-14-26(33)27(37)15-18(3)4)32(29(31-24)36-6-2)17-20-12-11-19(16-23(20)30)21-9-7-8-10-22(21)28(34)35;1-5-23-24-15-30-26(33)25(13-17(3)4)36-27(34)21-10-8-7-9-20(21)18-11-12-19(22(29)14-18)16-32(24)28(31-23)35-6-2/h13-24,27-28,33-34,49-50H,9-12,25-26,29-32H2,1-8H3,(H,59,65)(H,60,66);7-12,16,18,27,37H,5-6,13-15,17H2,1-4H3,(H,34,35);7-12,14,17,25H,5-6,13,15-16H2,1-4H3,(H,30,33)/t49-,50-;27-;25-/m000/s1. The summed E-state index contributed by atoms with van der Waals surface area (Å²) in [6, 6.07) is 48.4. The maximum atomic E-state index is 16.5. The summed E-state index contributed by atoms with van der Waals surface area (Å²) in [5, 5.41) is 15.4. The van der Waals surface area contributed by atoms with Gasteiger partial charge < -0.3 is 40.0 Å². The van der Waals surface area contributed by atoms with Gasteiger partial charge in [-0.1, -0.05) is 240 Å². The average Bonchev–Trinajstić information content (AvgIpc) is 1.67. The number of ether oxygens (including phenoxy) is 4. The first-order valence-corrected chi connectivity index (χ1v) is 53.0. The van der Waals surface area contributed by atoms with Crippen molar-refractivity contribution in [3.63, 3.8) is 0 Å². The molecule has 0 unspecified atom stereocenters. The molecule has 4 aromatic heterocycles. The highest BCUT2D eigenvalue weighted by atomic mass is 32.2. The first-order chi connectivity index (χ1) is 69.6. The van der Waals surface area contributed by atoms with Crippen molar-refractivity contribution in [3.8, 4) is 68.5 Å². The number of carboxylic acids is 1. The minimum Gasteiger partial charge on any atom is -0.478 e. The summed E-state index contributed by atoms with van der Waals surface area (Å²) in [7, 11) is 0. The predicted octanol–water partition coefficient (Wildman–Crippen LogP) is 23.1. The Balaban J connectivity index is 0.000000214. The van der Waals surface area contributed by atoms with E-state index in [4.69, 9.17) is 28.9 Å². The molecule has 768 valence electrons. The monoisotopic (exact) mass is 2050 g/mol. The Hall–Kier alpha value is -12.5.